The average molecular weight is 193 g/mol. The predicted molar refractivity (Wildman–Crippen MR) is 63.9 cm³/mol. The van der Waals surface area contributed by atoms with Gasteiger partial charge < -0.3 is 0 Å². The fraction of sp³-hybridized carbons (Fsp3) is 0.769. The van der Waals surface area contributed by atoms with E-state index in [0.29, 0.717) is 6.04 Å². The van der Waals surface area contributed by atoms with Gasteiger partial charge in [-0.05, 0) is 43.7 Å². The van der Waals surface area contributed by atoms with Crippen LogP contribution in [0.2, 0.25) is 0 Å². The second-order valence-electron chi connectivity index (χ2n) is 5.45. The van der Waals surface area contributed by atoms with Gasteiger partial charge in [-0.3, -0.25) is 4.99 Å². The molecule has 1 rings (SSSR count). The molecule has 0 saturated carbocycles. The van der Waals surface area contributed by atoms with Crippen LogP contribution in [0.5, 0.6) is 0 Å². The van der Waals surface area contributed by atoms with E-state index in [2.05, 4.69) is 44.6 Å². The molecular formula is C13H23N. The van der Waals surface area contributed by atoms with Gasteiger partial charge in [0, 0.05) is 0 Å². The summed E-state index contributed by atoms with van der Waals surface area (Å²) in [7, 11) is 0. The SMILES string of the molecule is C=NC(CC1CC=CCC1)C(C)(C)C. The van der Waals surface area contributed by atoms with Crippen molar-refractivity contribution in [3.05, 3.63) is 12.2 Å². The third-order valence-corrected chi connectivity index (χ3v) is 3.15. The van der Waals surface area contributed by atoms with Crippen LogP contribution >= 0.6 is 0 Å². The Kier molecular flexibility index (Phi) is 3.91. The van der Waals surface area contributed by atoms with Gasteiger partial charge in [-0.1, -0.05) is 32.9 Å². The summed E-state index contributed by atoms with van der Waals surface area (Å²) in [6.45, 7) is 10.5. The number of hydrogen-bond acceptors (Lipinski definition) is 1. The maximum atomic E-state index is 4.28. The van der Waals surface area contributed by atoms with E-state index in [-0.39, 0.29) is 5.41 Å². The molecule has 0 aromatic carbocycles. The predicted octanol–water partition coefficient (Wildman–Crippen LogP) is 3.85. The molecule has 0 aliphatic heterocycles. The zero-order valence-electron chi connectivity index (χ0n) is 9.79. The van der Waals surface area contributed by atoms with Gasteiger partial charge in [-0.15, -0.1) is 0 Å². The molecular weight excluding hydrogens is 170 g/mol. The summed E-state index contributed by atoms with van der Waals surface area (Å²) >= 11 is 0. The van der Waals surface area contributed by atoms with Gasteiger partial charge in [0.25, 0.3) is 0 Å². The second kappa shape index (κ2) is 4.77. The van der Waals surface area contributed by atoms with Crippen LogP contribution in [0.3, 0.4) is 0 Å². The monoisotopic (exact) mass is 193 g/mol. The van der Waals surface area contributed by atoms with Crippen LogP contribution in [0.15, 0.2) is 17.1 Å². The summed E-state index contributed by atoms with van der Waals surface area (Å²) in [5.74, 6) is 0.828. The first-order valence-electron chi connectivity index (χ1n) is 5.65. The molecule has 0 fully saturated rings. The van der Waals surface area contributed by atoms with E-state index in [0.717, 1.165) is 5.92 Å². The standard InChI is InChI=1S/C13H23N/c1-13(2,3)12(14-4)10-11-8-6-5-7-9-11/h5-6,11-12H,4,7-10H2,1-3H3. The number of rotatable bonds is 3. The van der Waals surface area contributed by atoms with Crippen molar-refractivity contribution in [1.29, 1.82) is 0 Å². The van der Waals surface area contributed by atoms with Gasteiger partial charge in [0.15, 0.2) is 0 Å². The second-order valence-corrected chi connectivity index (χ2v) is 5.45. The summed E-state index contributed by atoms with van der Waals surface area (Å²) in [5, 5.41) is 0. The lowest BCUT2D eigenvalue weighted by atomic mass is 9.79. The van der Waals surface area contributed by atoms with E-state index in [1.165, 1.54) is 25.7 Å². The Labute approximate surface area is 88.3 Å². The summed E-state index contributed by atoms with van der Waals surface area (Å²) in [6.07, 6.45) is 9.64. The van der Waals surface area contributed by atoms with Crippen molar-refractivity contribution in [2.24, 2.45) is 16.3 Å². The Morgan fingerprint density at radius 1 is 1.43 bits per heavy atom. The van der Waals surface area contributed by atoms with Crippen molar-refractivity contribution in [1.82, 2.24) is 0 Å². The zero-order valence-corrected chi connectivity index (χ0v) is 9.79. The number of aliphatic imine (C=N–C) groups is 1. The van der Waals surface area contributed by atoms with Crippen LogP contribution in [-0.4, -0.2) is 12.8 Å². The number of hydrogen-bond donors (Lipinski definition) is 0. The molecule has 0 heterocycles. The van der Waals surface area contributed by atoms with E-state index >= 15 is 0 Å². The van der Waals surface area contributed by atoms with Crippen molar-refractivity contribution in [3.8, 4) is 0 Å². The molecule has 0 aromatic rings. The number of allylic oxidation sites excluding steroid dienone is 2. The Bertz CT molecular complexity index is 210. The van der Waals surface area contributed by atoms with Crippen LogP contribution in [-0.2, 0) is 0 Å². The fourth-order valence-electron chi connectivity index (χ4n) is 2.09. The Balaban J connectivity index is 2.48. The van der Waals surface area contributed by atoms with Crippen molar-refractivity contribution >= 4 is 6.72 Å². The lowest BCUT2D eigenvalue weighted by Crippen LogP contribution is -2.27. The Morgan fingerprint density at radius 2 is 2.14 bits per heavy atom. The third-order valence-electron chi connectivity index (χ3n) is 3.15. The van der Waals surface area contributed by atoms with Gasteiger partial charge in [-0.2, -0.15) is 0 Å². The largest absolute Gasteiger partial charge is 0.297 e. The van der Waals surface area contributed by atoms with E-state index < -0.39 is 0 Å². The smallest absolute Gasteiger partial charge is 0.0543 e. The van der Waals surface area contributed by atoms with E-state index in [1.54, 1.807) is 0 Å². The fourth-order valence-corrected chi connectivity index (χ4v) is 2.09. The maximum Gasteiger partial charge on any atom is 0.0543 e. The molecule has 14 heavy (non-hydrogen) atoms. The number of nitrogens with zero attached hydrogens (tertiary/aromatic N) is 1. The van der Waals surface area contributed by atoms with Crippen molar-refractivity contribution in [2.45, 2.75) is 52.5 Å². The van der Waals surface area contributed by atoms with Crippen LogP contribution in [0.1, 0.15) is 46.5 Å². The van der Waals surface area contributed by atoms with Crippen LogP contribution < -0.4 is 0 Å². The molecule has 0 amide bonds. The first-order chi connectivity index (χ1) is 6.54. The van der Waals surface area contributed by atoms with Crippen molar-refractivity contribution in [2.75, 3.05) is 0 Å². The van der Waals surface area contributed by atoms with Crippen LogP contribution in [0.25, 0.3) is 0 Å². The van der Waals surface area contributed by atoms with Gasteiger partial charge in [0.2, 0.25) is 0 Å². The first kappa shape index (κ1) is 11.5. The molecule has 1 heteroatoms. The van der Waals surface area contributed by atoms with Gasteiger partial charge >= 0.3 is 0 Å². The minimum atomic E-state index is 0.267. The molecule has 1 nitrogen and oxygen atoms in total. The highest BCUT2D eigenvalue weighted by Gasteiger charge is 2.26. The van der Waals surface area contributed by atoms with E-state index in [9.17, 15) is 0 Å². The minimum Gasteiger partial charge on any atom is -0.297 e. The van der Waals surface area contributed by atoms with E-state index in [4.69, 9.17) is 0 Å². The van der Waals surface area contributed by atoms with Gasteiger partial charge in [0.05, 0.1) is 6.04 Å². The zero-order chi connectivity index (χ0) is 10.6. The molecule has 0 N–H and O–H groups in total. The van der Waals surface area contributed by atoms with E-state index in [1.807, 2.05) is 0 Å². The first-order valence-corrected chi connectivity index (χ1v) is 5.65. The molecule has 80 valence electrons. The van der Waals surface area contributed by atoms with Gasteiger partial charge in [0.1, 0.15) is 0 Å². The topological polar surface area (TPSA) is 12.4 Å². The molecule has 1 aliphatic rings. The van der Waals surface area contributed by atoms with Gasteiger partial charge in [-0.25, -0.2) is 0 Å². The lowest BCUT2D eigenvalue weighted by molar-refractivity contribution is 0.264. The minimum absolute atomic E-state index is 0.267. The molecule has 0 spiro atoms. The quantitative estimate of drug-likeness (QED) is 0.477. The summed E-state index contributed by atoms with van der Waals surface area (Å²) in [4.78, 5) is 4.28. The van der Waals surface area contributed by atoms with Crippen molar-refractivity contribution < 1.29 is 0 Å². The molecule has 1 aliphatic carbocycles. The van der Waals surface area contributed by atoms with Crippen molar-refractivity contribution in [3.63, 3.8) is 0 Å². The highest BCUT2D eigenvalue weighted by molar-refractivity contribution is 5.24. The van der Waals surface area contributed by atoms with Crippen LogP contribution in [0.4, 0.5) is 0 Å². The highest BCUT2D eigenvalue weighted by atomic mass is 14.8. The Hall–Kier alpha value is -0.590. The Morgan fingerprint density at radius 3 is 2.57 bits per heavy atom. The summed E-state index contributed by atoms with van der Waals surface area (Å²) in [5.41, 5.74) is 0.267. The molecule has 0 radical (unpaired) electrons. The molecule has 0 aromatic heterocycles. The maximum absolute atomic E-state index is 4.28. The average Bonchev–Trinajstić information content (AvgIpc) is 2.14. The summed E-state index contributed by atoms with van der Waals surface area (Å²) < 4.78 is 0. The normalized spacial score (nSPS) is 24.6. The summed E-state index contributed by atoms with van der Waals surface area (Å²) in [6, 6.07) is 0.416. The lowest BCUT2D eigenvalue weighted by Gasteiger charge is -2.30. The molecule has 0 saturated heterocycles. The molecule has 0 bridgehead atoms. The van der Waals surface area contributed by atoms with Crippen LogP contribution in [0, 0.1) is 11.3 Å². The molecule has 2 atom stereocenters. The third kappa shape index (κ3) is 3.28. The molecule has 2 unspecified atom stereocenters. The highest BCUT2D eigenvalue weighted by Crippen LogP contribution is 2.31.